The average molecular weight is 604 g/mol. The minimum atomic E-state index is -2.02. The smallest absolute Gasteiger partial charge is 0.178 e. The van der Waals surface area contributed by atoms with Gasteiger partial charge in [0.15, 0.2) is 17.9 Å². The summed E-state index contributed by atoms with van der Waals surface area (Å²) in [5.41, 5.74) is -2.62. The summed E-state index contributed by atoms with van der Waals surface area (Å²) in [4.78, 5) is 38.9. The Morgan fingerprint density at radius 3 is 2.42 bits per heavy atom. The van der Waals surface area contributed by atoms with Crippen molar-refractivity contribution in [2.24, 2.45) is 29.6 Å². The molecule has 1 saturated heterocycles. The summed E-state index contributed by atoms with van der Waals surface area (Å²) in [6, 6.07) is 0. The van der Waals surface area contributed by atoms with E-state index in [4.69, 9.17) is 14.2 Å². The number of hydrogen-bond acceptors (Lipinski definition) is 10. The van der Waals surface area contributed by atoms with E-state index in [0.29, 0.717) is 6.42 Å². The Bertz CT molecular complexity index is 1140. The molecule has 4 N–H and O–H groups in total. The van der Waals surface area contributed by atoms with Crippen molar-refractivity contribution in [1.82, 2.24) is 0 Å². The number of carbonyl (C=O) groups is 2. The van der Waals surface area contributed by atoms with Gasteiger partial charge in [0.1, 0.15) is 17.3 Å². The Morgan fingerprint density at radius 1 is 1.11 bits per heavy atom. The van der Waals surface area contributed by atoms with Crippen LogP contribution in [0.15, 0.2) is 46.7 Å². The van der Waals surface area contributed by atoms with E-state index in [0.717, 1.165) is 0 Å². The predicted molar refractivity (Wildman–Crippen MR) is 126 cm³/mol. The van der Waals surface area contributed by atoms with Gasteiger partial charge in [-0.3, -0.25) is 9.59 Å². The van der Waals surface area contributed by atoms with Gasteiger partial charge in [-0.1, -0.05) is 19.1 Å². The van der Waals surface area contributed by atoms with Gasteiger partial charge in [-0.05, 0) is 37.4 Å². The molecule has 4 aliphatic carbocycles. The zero-order chi connectivity index (χ0) is 26.8. The standard InChI is InChI=1S/C27H31O10.Y/c1-11-7-17(36-12(2)22(11)29)37-16-9-27(34,10-28)8-14-19(16)26(33)21-20(24(14)31)23(30)13-5-4-6-15(35-3)18(13)25(21)32;/h4-6,11-14,16-19,22,29,31,33-34H,7-9H2,1-3H3;/q-1;/t11?,12?,13?,14?,16?,17?,18?,19?,22?,27-;/m0./s1. The van der Waals surface area contributed by atoms with E-state index in [-0.39, 0.29) is 68.4 Å². The minimum absolute atomic E-state index is 0. The number of methoxy groups -OCH3 is 1. The van der Waals surface area contributed by atoms with E-state index in [1.807, 2.05) is 6.92 Å². The topological polar surface area (TPSA) is 160 Å². The molecule has 3 fully saturated rings. The molecule has 1 aliphatic heterocycles. The van der Waals surface area contributed by atoms with Gasteiger partial charge in [0.25, 0.3) is 0 Å². The maximum atomic E-state index is 13.7. The second-order valence-corrected chi connectivity index (χ2v) is 10.7. The fraction of sp³-hybridized carbons (Fsp3) is 0.593. The molecule has 0 amide bonds. The maximum Gasteiger partial charge on any atom is 0.178 e. The number of carbonyl (C=O) groups excluding carboxylic acids is 3. The Kier molecular flexibility index (Phi) is 8.26. The number of rotatable bonds is 4. The second-order valence-electron chi connectivity index (χ2n) is 10.7. The predicted octanol–water partition coefficient (Wildman–Crippen LogP) is 1.49. The number of allylic oxidation sites excluding steroid dienone is 7. The summed E-state index contributed by atoms with van der Waals surface area (Å²) in [7, 11) is 1.39. The van der Waals surface area contributed by atoms with Crippen molar-refractivity contribution in [3.8, 4) is 0 Å². The van der Waals surface area contributed by atoms with Gasteiger partial charge in [-0.25, -0.2) is 6.29 Å². The molecule has 1 heterocycles. The second kappa shape index (κ2) is 10.7. The molecule has 203 valence electrons. The Labute approximate surface area is 245 Å². The van der Waals surface area contributed by atoms with E-state index >= 15 is 0 Å². The van der Waals surface area contributed by atoms with Crippen molar-refractivity contribution in [3.63, 3.8) is 0 Å². The quantitative estimate of drug-likeness (QED) is 0.347. The van der Waals surface area contributed by atoms with Crippen LogP contribution in [0.4, 0.5) is 0 Å². The normalized spacial score (nSPS) is 42.4. The number of ketones is 2. The zero-order valence-corrected chi connectivity index (χ0v) is 24.2. The van der Waals surface area contributed by atoms with Crippen LogP contribution < -0.4 is 0 Å². The number of fused-ring (bicyclic) bond motifs is 3. The SMILES string of the molecule is COC1=CC=CC2C(=O)C3=C(O)C4C[C@@](O)([C-]=O)CC(OC5CC(C)C(O)C(C)O5)C4C(O)=C3C(=O)C12.[Y]. The van der Waals surface area contributed by atoms with Gasteiger partial charge in [-0.15, -0.1) is 0 Å². The van der Waals surface area contributed by atoms with Crippen LogP contribution in [0.1, 0.15) is 33.1 Å². The molecule has 38 heavy (non-hydrogen) atoms. The van der Waals surface area contributed by atoms with E-state index in [9.17, 15) is 34.8 Å². The summed E-state index contributed by atoms with van der Waals surface area (Å²) in [6.45, 7) is 3.53. The van der Waals surface area contributed by atoms with Gasteiger partial charge in [-0.2, -0.15) is 0 Å². The molecule has 2 saturated carbocycles. The van der Waals surface area contributed by atoms with E-state index in [1.165, 1.54) is 7.11 Å². The first-order valence-corrected chi connectivity index (χ1v) is 12.5. The first-order chi connectivity index (χ1) is 17.5. The monoisotopic (exact) mass is 604 g/mol. The van der Waals surface area contributed by atoms with Crippen LogP contribution in [0.5, 0.6) is 0 Å². The van der Waals surface area contributed by atoms with Gasteiger partial charge in [0.2, 0.25) is 0 Å². The molecule has 0 aromatic carbocycles. The summed E-state index contributed by atoms with van der Waals surface area (Å²) < 4.78 is 17.3. The molecule has 0 aromatic heterocycles. The van der Waals surface area contributed by atoms with Crippen molar-refractivity contribution in [1.29, 1.82) is 0 Å². The number of Topliss-reactive ketones (excluding diaryl/α,β-unsaturated/α-hetero) is 2. The van der Waals surface area contributed by atoms with Crippen LogP contribution >= 0.6 is 0 Å². The largest absolute Gasteiger partial charge is 0.539 e. The summed E-state index contributed by atoms with van der Waals surface area (Å²) in [5, 5.41) is 44.0. The van der Waals surface area contributed by atoms with E-state index in [2.05, 4.69) is 0 Å². The molecule has 0 aromatic rings. The first-order valence-electron chi connectivity index (χ1n) is 12.5. The van der Waals surface area contributed by atoms with Crippen molar-refractivity contribution < 1.29 is 81.7 Å². The van der Waals surface area contributed by atoms with Crippen LogP contribution in [0.3, 0.4) is 0 Å². The van der Waals surface area contributed by atoms with Crippen molar-refractivity contribution in [2.45, 2.75) is 63.3 Å². The third-order valence-corrected chi connectivity index (χ3v) is 8.43. The Hall–Kier alpha value is -1.69. The van der Waals surface area contributed by atoms with Crippen LogP contribution in [-0.4, -0.2) is 75.6 Å². The molecular weight excluding hydrogens is 573 g/mol. The third-order valence-electron chi connectivity index (χ3n) is 8.43. The third kappa shape index (κ3) is 4.57. The molecule has 5 aliphatic rings. The molecule has 0 bridgehead atoms. The van der Waals surface area contributed by atoms with Crippen molar-refractivity contribution >= 4 is 17.9 Å². The summed E-state index contributed by atoms with van der Waals surface area (Å²) in [6.07, 6.45) is 2.90. The molecule has 5 rings (SSSR count). The number of hydrogen-bond donors (Lipinski definition) is 4. The molecular formula is C27H31O10Y-. The Balaban J connectivity index is 0.00000336. The maximum absolute atomic E-state index is 13.7. The fourth-order valence-corrected chi connectivity index (χ4v) is 6.52. The zero-order valence-electron chi connectivity index (χ0n) is 21.4. The molecule has 11 heteroatoms. The van der Waals surface area contributed by atoms with Crippen LogP contribution in [-0.2, 0) is 61.3 Å². The number of aliphatic hydroxyl groups is 4. The summed E-state index contributed by atoms with van der Waals surface area (Å²) in [5.74, 6) is -5.95. The molecule has 10 nitrogen and oxygen atoms in total. The van der Waals surface area contributed by atoms with E-state index < -0.39 is 77.0 Å². The van der Waals surface area contributed by atoms with Gasteiger partial charge >= 0.3 is 0 Å². The number of ether oxygens (including phenoxy) is 3. The molecule has 0 spiro atoms. The van der Waals surface area contributed by atoms with Gasteiger partial charge in [0.05, 0.1) is 54.3 Å². The minimum Gasteiger partial charge on any atom is -0.539 e. The van der Waals surface area contributed by atoms with Crippen LogP contribution in [0.2, 0.25) is 0 Å². The van der Waals surface area contributed by atoms with E-state index in [1.54, 1.807) is 31.4 Å². The summed E-state index contributed by atoms with van der Waals surface area (Å²) >= 11 is 0. The molecule has 1 radical (unpaired) electrons. The van der Waals surface area contributed by atoms with Gasteiger partial charge < -0.3 is 39.4 Å². The van der Waals surface area contributed by atoms with Crippen LogP contribution in [0, 0.1) is 29.6 Å². The number of aliphatic hydroxyl groups excluding tert-OH is 3. The van der Waals surface area contributed by atoms with Gasteiger partial charge in [0, 0.05) is 45.0 Å². The van der Waals surface area contributed by atoms with Crippen molar-refractivity contribution in [3.05, 3.63) is 46.7 Å². The van der Waals surface area contributed by atoms with Crippen molar-refractivity contribution in [2.75, 3.05) is 7.11 Å². The molecule has 10 atom stereocenters. The first kappa shape index (κ1) is 29.3. The average Bonchev–Trinajstić information content (AvgIpc) is 2.87. The Morgan fingerprint density at radius 2 is 1.79 bits per heavy atom. The fourth-order valence-electron chi connectivity index (χ4n) is 6.52. The van der Waals surface area contributed by atoms with Crippen LogP contribution in [0.25, 0.3) is 0 Å². The molecule has 9 unspecified atom stereocenters.